The second-order valence-electron chi connectivity index (χ2n) is 3.06. The molecule has 0 aromatic heterocycles. The topological polar surface area (TPSA) is 61.5 Å². The van der Waals surface area contributed by atoms with E-state index >= 15 is 0 Å². The average Bonchev–Trinajstić information content (AvgIpc) is 2.16. The second kappa shape index (κ2) is 8.08. The summed E-state index contributed by atoms with van der Waals surface area (Å²) in [5.41, 5.74) is 5.57. The Morgan fingerprint density at radius 1 is 1.50 bits per heavy atom. The maximum absolute atomic E-state index is 10.9. The standard InChI is InChI=1S/C9H19NO3S/c1-7(6-12-2)14-5-4-8(10)9(11)13-3/h7-8H,4-6,10H2,1-3H3. The molecule has 5 heteroatoms. The number of esters is 1. The van der Waals surface area contributed by atoms with Crippen LogP contribution in [-0.4, -0.2) is 43.8 Å². The highest BCUT2D eigenvalue weighted by Crippen LogP contribution is 2.12. The molecule has 0 saturated heterocycles. The van der Waals surface area contributed by atoms with Crippen molar-refractivity contribution in [2.75, 3.05) is 26.6 Å². The Morgan fingerprint density at radius 2 is 2.14 bits per heavy atom. The number of ether oxygens (including phenoxy) is 2. The zero-order valence-corrected chi connectivity index (χ0v) is 9.80. The van der Waals surface area contributed by atoms with Crippen LogP contribution in [0.2, 0.25) is 0 Å². The Balaban J connectivity index is 3.48. The Morgan fingerprint density at radius 3 is 2.64 bits per heavy atom. The number of carbonyl (C=O) groups excluding carboxylic acids is 1. The van der Waals surface area contributed by atoms with Gasteiger partial charge >= 0.3 is 5.97 Å². The van der Waals surface area contributed by atoms with E-state index in [9.17, 15) is 4.79 Å². The van der Waals surface area contributed by atoms with Crippen molar-refractivity contribution in [3.8, 4) is 0 Å². The molecule has 84 valence electrons. The van der Waals surface area contributed by atoms with Gasteiger partial charge in [-0.3, -0.25) is 4.79 Å². The molecule has 0 fully saturated rings. The molecule has 0 saturated carbocycles. The lowest BCUT2D eigenvalue weighted by Crippen LogP contribution is -2.32. The molecular formula is C9H19NO3S. The summed E-state index contributed by atoms with van der Waals surface area (Å²) in [5.74, 6) is 0.505. The van der Waals surface area contributed by atoms with Crippen molar-refractivity contribution in [1.29, 1.82) is 0 Å². The van der Waals surface area contributed by atoms with Gasteiger partial charge in [0, 0.05) is 12.4 Å². The summed E-state index contributed by atoms with van der Waals surface area (Å²) in [6.45, 7) is 2.80. The fourth-order valence-corrected chi connectivity index (χ4v) is 1.97. The van der Waals surface area contributed by atoms with Crippen LogP contribution >= 0.6 is 11.8 Å². The summed E-state index contributed by atoms with van der Waals surface area (Å²) < 4.78 is 9.51. The van der Waals surface area contributed by atoms with Crippen LogP contribution in [0, 0.1) is 0 Å². The average molecular weight is 221 g/mol. The van der Waals surface area contributed by atoms with E-state index in [-0.39, 0.29) is 5.97 Å². The van der Waals surface area contributed by atoms with Crippen molar-refractivity contribution in [3.05, 3.63) is 0 Å². The Kier molecular flexibility index (Phi) is 7.93. The van der Waals surface area contributed by atoms with Crippen LogP contribution in [0.15, 0.2) is 0 Å². The molecule has 4 nitrogen and oxygen atoms in total. The highest BCUT2D eigenvalue weighted by molar-refractivity contribution is 7.99. The number of hydrogen-bond donors (Lipinski definition) is 1. The minimum atomic E-state index is -0.498. The third-order valence-corrected chi connectivity index (χ3v) is 2.91. The Labute approximate surface area is 89.5 Å². The first-order chi connectivity index (χ1) is 6.61. The van der Waals surface area contributed by atoms with Gasteiger partial charge in [0.1, 0.15) is 6.04 Å². The maximum atomic E-state index is 10.9. The first kappa shape index (κ1) is 13.7. The summed E-state index contributed by atoms with van der Waals surface area (Å²) in [6.07, 6.45) is 0.644. The summed E-state index contributed by atoms with van der Waals surface area (Å²) in [6, 6.07) is -0.498. The number of rotatable bonds is 7. The van der Waals surface area contributed by atoms with Crippen LogP contribution in [0.3, 0.4) is 0 Å². The minimum absolute atomic E-state index is 0.343. The first-order valence-corrected chi connectivity index (χ1v) is 5.60. The van der Waals surface area contributed by atoms with E-state index in [1.165, 1.54) is 7.11 Å². The number of carbonyl (C=O) groups is 1. The highest BCUT2D eigenvalue weighted by Gasteiger charge is 2.13. The molecule has 2 N–H and O–H groups in total. The SMILES string of the molecule is COCC(C)SCCC(N)C(=O)OC. The monoisotopic (exact) mass is 221 g/mol. The molecule has 14 heavy (non-hydrogen) atoms. The number of thioether (sulfide) groups is 1. The normalized spacial score (nSPS) is 14.9. The Bertz CT molecular complexity index is 166. The lowest BCUT2D eigenvalue weighted by atomic mass is 10.2. The van der Waals surface area contributed by atoms with Crippen molar-refractivity contribution in [1.82, 2.24) is 0 Å². The smallest absolute Gasteiger partial charge is 0.322 e. The van der Waals surface area contributed by atoms with Crippen molar-refractivity contribution in [2.24, 2.45) is 5.73 Å². The molecule has 0 aliphatic rings. The molecule has 2 atom stereocenters. The molecule has 0 aromatic rings. The predicted molar refractivity (Wildman–Crippen MR) is 58.4 cm³/mol. The summed E-state index contributed by atoms with van der Waals surface area (Å²) >= 11 is 1.74. The molecule has 0 aliphatic heterocycles. The van der Waals surface area contributed by atoms with E-state index in [2.05, 4.69) is 11.7 Å². The van der Waals surface area contributed by atoms with Crippen LogP contribution in [0.1, 0.15) is 13.3 Å². The number of methoxy groups -OCH3 is 2. The van der Waals surface area contributed by atoms with Crippen LogP contribution in [0.5, 0.6) is 0 Å². The lowest BCUT2D eigenvalue weighted by molar-refractivity contribution is -0.142. The lowest BCUT2D eigenvalue weighted by Gasteiger charge is -2.12. The largest absolute Gasteiger partial charge is 0.468 e. The van der Waals surface area contributed by atoms with E-state index in [4.69, 9.17) is 10.5 Å². The van der Waals surface area contributed by atoms with Gasteiger partial charge < -0.3 is 15.2 Å². The summed E-state index contributed by atoms with van der Waals surface area (Å²) in [5, 5.41) is 0.435. The van der Waals surface area contributed by atoms with Crippen LogP contribution in [-0.2, 0) is 14.3 Å². The molecule has 0 radical (unpaired) electrons. The molecule has 0 spiro atoms. The summed E-state index contributed by atoms with van der Waals surface area (Å²) in [7, 11) is 3.03. The maximum Gasteiger partial charge on any atom is 0.322 e. The van der Waals surface area contributed by atoms with Gasteiger partial charge in [-0.2, -0.15) is 11.8 Å². The van der Waals surface area contributed by atoms with E-state index in [0.29, 0.717) is 11.7 Å². The Hall–Kier alpha value is -0.260. The molecular weight excluding hydrogens is 202 g/mol. The third kappa shape index (κ3) is 6.23. The van der Waals surface area contributed by atoms with Gasteiger partial charge in [-0.15, -0.1) is 0 Å². The van der Waals surface area contributed by atoms with Crippen molar-refractivity contribution >= 4 is 17.7 Å². The molecule has 0 aliphatic carbocycles. The molecule has 0 aromatic carbocycles. The van der Waals surface area contributed by atoms with E-state index in [1.54, 1.807) is 18.9 Å². The zero-order valence-electron chi connectivity index (χ0n) is 8.99. The van der Waals surface area contributed by atoms with Gasteiger partial charge in [0.25, 0.3) is 0 Å². The van der Waals surface area contributed by atoms with E-state index in [0.717, 1.165) is 12.4 Å². The minimum Gasteiger partial charge on any atom is -0.468 e. The van der Waals surface area contributed by atoms with Gasteiger partial charge in [-0.25, -0.2) is 0 Å². The van der Waals surface area contributed by atoms with Crippen molar-refractivity contribution in [2.45, 2.75) is 24.6 Å². The second-order valence-corrected chi connectivity index (χ2v) is 4.60. The highest BCUT2D eigenvalue weighted by atomic mass is 32.2. The van der Waals surface area contributed by atoms with Crippen molar-refractivity contribution < 1.29 is 14.3 Å². The number of hydrogen-bond acceptors (Lipinski definition) is 5. The van der Waals surface area contributed by atoms with Gasteiger partial charge in [0.05, 0.1) is 13.7 Å². The predicted octanol–water partition coefficient (Wildman–Crippen LogP) is 0.645. The van der Waals surface area contributed by atoms with Crippen LogP contribution < -0.4 is 5.73 Å². The van der Waals surface area contributed by atoms with Crippen LogP contribution in [0.25, 0.3) is 0 Å². The van der Waals surface area contributed by atoms with E-state index in [1.807, 2.05) is 0 Å². The quantitative estimate of drug-likeness (QED) is 0.639. The number of nitrogens with two attached hydrogens (primary N) is 1. The van der Waals surface area contributed by atoms with Gasteiger partial charge in [0.15, 0.2) is 0 Å². The molecule has 0 bridgehead atoms. The van der Waals surface area contributed by atoms with Gasteiger partial charge in [-0.1, -0.05) is 6.92 Å². The third-order valence-electron chi connectivity index (χ3n) is 1.74. The van der Waals surface area contributed by atoms with Crippen molar-refractivity contribution in [3.63, 3.8) is 0 Å². The fraction of sp³-hybridized carbons (Fsp3) is 0.889. The fourth-order valence-electron chi connectivity index (χ4n) is 0.948. The van der Waals surface area contributed by atoms with Gasteiger partial charge in [-0.05, 0) is 12.2 Å². The molecule has 0 rings (SSSR count). The summed E-state index contributed by atoms with van der Waals surface area (Å²) in [4.78, 5) is 10.9. The molecule has 0 amide bonds. The van der Waals surface area contributed by atoms with E-state index < -0.39 is 6.04 Å². The first-order valence-electron chi connectivity index (χ1n) is 4.55. The van der Waals surface area contributed by atoms with Gasteiger partial charge in [0.2, 0.25) is 0 Å². The van der Waals surface area contributed by atoms with Crippen LogP contribution in [0.4, 0.5) is 0 Å². The zero-order chi connectivity index (χ0) is 11.0. The molecule has 0 heterocycles. The molecule has 2 unspecified atom stereocenters.